The van der Waals surface area contributed by atoms with Crippen molar-refractivity contribution in [3.63, 3.8) is 0 Å². The largest absolute Gasteiger partial charge is 0.491 e. The number of carbonyl (C=O) groups excluding carboxylic acids is 1. The number of aryl methyl sites for hydroxylation is 2. The van der Waals surface area contributed by atoms with Gasteiger partial charge in [-0.25, -0.2) is 8.42 Å². The van der Waals surface area contributed by atoms with Gasteiger partial charge < -0.3 is 10.1 Å². The first-order chi connectivity index (χ1) is 13.4. The van der Waals surface area contributed by atoms with E-state index in [1.54, 1.807) is 12.1 Å². The molecule has 1 aliphatic rings. The lowest BCUT2D eigenvalue weighted by Crippen LogP contribution is -2.30. The number of hydrogen-bond acceptors (Lipinski definition) is 4. The Bertz CT molecular complexity index is 951. The minimum atomic E-state index is -3.54. The maximum Gasteiger partial charge on any atom is 0.251 e. The standard InChI is InChI=1S/C21H26N2O4S/c1-16-8-9-17(2)20(14-16)27-13-10-22-21(24)18-6-5-7-19(15-18)28(25,26)23-11-3-4-12-23/h5-9,14-15H,3-4,10-13H2,1-2H3,(H,22,24). The van der Waals surface area contributed by atoms with Gasteiger partial charge in [0.15, 0.2) is 0 Å². The van der Waals surface area contributed by atoms with Gasteiger partial charge in [0.1, 0.15) is 12.4 Å². The zero-order chi connectivity index (χ0) is 20.1. The van der Waals surface area contributed by atoms with Crippen molar-refractivity contribution in [1.29, 1.82) is 0 Å². The first-order valence-corrected chi connectivity index (χ1v) is 10.9. The molecule has 0 aliphatic carbocycles. The van der Waals surface area contributed by atoms with Gasteiger partial charge in [-0.1, -0.05) is 18.2 Å². The van der Waals surface area contributed by atoms with Crippen LogP contribution < -0.4 is 10.1 Å². The first-order valence-electron chi connectivity index (χ1n) is 9.46. The summed E-state index contributed by atoms with van der Waals surface area (Å²) in [6, 6.07) is 12.2. The molecule has 1 amide bonds. The van der Waals surface area contributed by atoms with Gasteiger partial charge in [-0.15, -0.1) is 0 Å². The molecule has 2 aromatic carbocycles. The second kappa shape index (κ2) is 8.75. The Morgan fingerprint density at radius 1 is 1.11 bits per heavy atom. The predicted octanol–water partition coefficient (Wildman–Crippen LogP) is 2.90. The lowest BCUT2D eigenvalue weighted by atomic mass is 10.1. The molecular formula is C21H26N2O4S. The van der Waals surface area contributed by atoms with Crippen LogP contribution >= 0.6 is 0 Å². The van der Waals surface area contributed by atoms with E-state index >= 15 is 0 Å². The van der Waals surface area contributed by atoms with Gasteiger partial charge in [-0.3, -0.25) is 4.79 Å². The number of sulfonamides is 1. The smallest absolute Gasteiger partial charge is 0.251 e. The quantitative estimate of drug-likeness (QED) is 0.723. The van der Waals surface area contributed by atoms with Crippen molar-refractivity contribution in [3.05, 3.63) is 59.2 Å². The minimum absolute atomic E-state index is 0.161. The number of rotatable bonds is 7. The second-order valence-electron chi connectivity index (χ2n) is 7.01. The fraction of sp³-hybridized carbons (Fsp3) is 0.381. The summed E-state index contributed by atoms with van der Waals surface area (Å²) in [5.74, 6) is 0.482. The zero-order valence-electron chi connectivity index (χ0n) is 16.3. The van der Waals surface area contributed by atoms with Crippen molar-refractivity contribution in [2.45, 2.75) is 31.6 Å². The summed E-state index contributed by atoms with van der Waals surface area (Å²) in [5.41, 5.74) is 2.48. The van der Waals surface area contributed by atoms with E-state index in [1.165, 1.54) is 16.4 Å². The van der Waals surface area contributed by atoms with Crippen LogP contribution in [0.25, 0.3) is 0 Å². The number of benzene rings is 2. The lowest BCUT2D eigenvalue weighted by molar-refractivity contribution is 0.0946. The summed E-state index contributed by atoms with van der Waals surface area (Å²) in [6.45, 7) is 5.71. The van der Waals surface area contributed by atoms with E-state index in [0.29, 0.717) is 31.8 Å². The van der Waals surface area contributed by atoms with Crippen LogP contribution in [0, 0.1) is 13.8 Å². The Kier molecular flexibility index (Phi) is 6.36. The van der Waals surface area contributed by atoms with E-state index in [2.05, 4.69) is 5.32 Å². The van der Waals surface area contributed by atoms with Crippen LogP contribution in [0.4, 0.5) is 0 Å². The molecule has 6 nitrogen and oxygen atoms in total. The van der Waals surface area contributed by atoms with Crippen molar-refractivity contribution < 1.29 is 17.9 Å². The predicted molar refractivity (Wildman–Crippen MR) is 108 cm³/mol. The van der Waals surface area contributed by atoms with E-state index in [0.717, 1.165) is 29.7 Å². The van der Waals surface area contributed by atoms with Crippen molar-refractivity contribution in [1.82, 2.24) is 9.62 Å². The third kappa shape index (κ3) is 4.72. The number of hydrogen-bond donors (Lipinski definition) is 1. The molecule has 3 rings (SSSR count). The van der Waals surface area contributed by atoms with Crippen LogP contribution in [-0.2, 0) is 10.0 Å². The van der Waals surface area contributed by atoms with Crippen molar-refractivity contribution >= 4 is 15.9 Å². The van der Waals surface area contributed by atoms with Gasteiger partial charge in [0.05, 0.1) is 11.4 Å². The van der Waals surface area contributed by atoms with Crippen molar-refractivity contribution in [2.75, 3.05) is 26.2 Å². The molecule has 0 bridgehead atoms. The van der Waals surface area contributed by atoms with Crippen LogP contribution in [0.2, 0.25) is 0 Å². The van der Waals surface area contributed by atoms with Crippen molar-refractivity contribution in [3.8, 4) is 5.75 Å². The Morgan fingerprint density at radius 3 is 2.61 bits per heavy atom. The molecule has 150 valence electrons. The van der Waals surface area contributed by atoms with Gasteiger partial charge in [-0.05, 0) is 62.1 Å². The highest BCUT2D eigenvalue weighted by Crippen LogP contribution is 2.22. The maximum absolute atomic E-state index is 12.7. The summed E-state index contributed by atoms with van der Waals surface area (Å²) in [7, 11) is -3.54. The fourth-order valence-corrected chi connectivity index (χ4v) is 4.73. The molecule has 0 unspecified atom stereocenters. The third-order valence-corrected chi connectivity index (χ3v) is 6.68. The molecule has 1 fully saturated rings. The molecule has 0 atom stereocenters. The Hall–Kier alpha value is -2.38. The number of nitrogens with one attached hydrogen (secondary N) is 1. The van der Waals surface area contributed by atoms with E-state index in [4.69, 9.17) is 4.74 Å². The average Bonchev–Trinajstić information content (AvgIpc) is 3.23. The van der Waals surface area contributed by atoms with Crippen LogP contribution in [0.1, 0.15) is 34.3 Å². The van der Waals surface area contributed by atoms with E-state index in [1.807, 2.05) is 32.0 Å². The fourth-order valence-electron chi connectivity index (χ4n) is 3.17. The normalized spacial score (nSPS) is 14.8. The summed E-state index contributed by atoms with van der Waals surface area (Å²) < 4.78 is 32.5. The number of nitrogens with zero attached hydrogens (tertiary/aromatic N) is 1. The Morgan fingerprint density at radius 2 is 1.86 bits per heavy atom. The van der Waals surface area contributed by atoms with E-state index in [9.17, 15) is 13.2 Å². The molecule has 0 saturated carbocycles. The zero-order valence-corrected chi connectivity index (χ0v) is 17.1. The van der Waals surface area contributed by atoms with E-state index < -0.39 is 10.0 Å². The Balaban J connectivity index is 1.58. The molecule has 0 aromatic heterocycles. The molecule has 1 saturated heterocycles. The average molecular weight is 403 g/mol. The van der Waals surface area contributed by atoms with Gasteiger partial charge in [0, 0.05) is 18.7 Å². The number of carbonyl (C=O) groups is 1. The summed E-state index contributed by atoms with van der Waals surface area (Å²) in [6.07, 6.45) is 1.75. The molecule has 0 radical (unpaired) electrons. The van der Waals surface area contributed by atoms with Gasteiger partial charge in [0.2, 0.25) is 10.0 Å². The second-order valence-corrected chi connectivity index (χ2v) is 8.95. The third-order valence-electron chi connectivity index (χ3n) is 4.79. The molecule has 1 aliphatic heterocycles. The molecule has 7 heteroatoms. The summed E-state index contributed by atoms with van der Waals surface area (Å²) >= 11 is 0. The van der Waals surface area contributed by atoms with Crippen LogP contribution in [0.5, 0.6) is 5.75 Å². The molecule has 2 aromatic rings. The van der Waals surface area contributed by atoms with E-state index in [-0.39, 0.29) is 10.8 Å². The SMILES string of the molecule is Cc1ccc(C)c(OCCNC(=O)c2cccc(S(=O)(=O)N3CCCC3)c2)c1. The molecule has 1 heterocycles. The first kappa shape index (κ1) is 20.4. The van der Waals surface area contributed by atoms with Crippen LogP contribution in [0.3, 0.4) is 0 Å². The van der Waals surface area contributed by atoms with Gasteiger partial charge >= 0.3 is 0 Å². The Labute approximate surface area is 166 Å². The topological polar surface area (TPSA) is 75.7 Å². The summed E-state index contributed by atoms with van der Waals surface area (Å²) in [5, 5.41) is 2.78. The molecule has 0 spiro atoms. The molecule has 28 heavy (non-hydrogen) atoms. The highest BCUT2D eigenvalue weighted by molar-refractivity contribution is 7.89. The maximum atomic E-state index is 12.7. The highest BCUT2D eigenvalue weighted by atomic mass is 32.2. The van der Waals surface area contributed by atoms with Crippen molar-refractivity contribution in [2.24, 2.45) is 0 Å². The van der Waals surface area contributed by atoms with Crippen LogP contribution in [0.15, 0.2) is 47.4 Å². The van der Waals surface area contributed by atoms with Gasteiger partial charge in [-0.2, -0.15) is 4.31 Å². The minimum Gasteiger partial charge on any atom is -0.491 e. The lowest BCUT2D eigenvalue weighted by Gasteiger charge is -2.16. The highest BCUT2D eigenvalue weighted by Gasteiger charge is 2.27. The van der Waals surface area contributed by atoms with Crippen LogP contribution in [-0.4, -0.2) is 44.9 Å². The molecular weight excluding hydrogens is 376 g/mol. The summed E-state index contributed by atoms with van der Waals surface area (Å²) in [4.78, 5) is 12.6. The molecule has 1 N–H and O–H groups in total. The number of amides is 1. The van der Waals surface area contributed by atoms with Gasteiger partial charge in [0.25, 0.3) is 5.91 Å². The monoisotopic (exact) mass is 402 g/mol. The number of ether oxygens (including phenoxy) is 1.